The summed E-state index contributed by atoms with van der Waals surface area (Å²) in [6, 6.07) is 11.3. The molecule has 0 saturated carbocycles. The summed E-state index contributed by atoms with van der Waals surface area (Å²) in [5, 5.41) is 0. The highest BCUT2D eigenvalue weighted by Crippen LogP contribution is 2.55. The van der Waals surface area contributed by atoms with Crippen LogP contribution in [0.3, 0.4) is 0 Å². The first-order valence-corrected chi connectivity index (χ1v) is 16.3. The first kappa shape index (κ1) is 33.3. The van der Waals surface area contributed by atoms with Crippen molar-refractivity contribution in [2.75, 3.05) is 59.7 Å². The Morgan fingerprint density at radius 1 is 1.05 bits per heavy atom. The lowest BCUT2D eigenvalue weighted by Gasteiger charge is -2.41. The van der Waals surface area contributed by atoms with Gasteiger partial charge >= 0.3 is 7.67 Å². The van der Waals surface area contributed by atoms with Crippen molar-refractivity contribution < 1.29 is 28.1 Å². The third-order valence-corrected chi connectivity index (χ3v) is 9.36. The molecule has 11 nitrogen and oxygen atoms in total. The van der Waals surface area contributed by atoms with E-state index in [4.69, 9.17) is 28.8 Å². The number of carbonyl (C=O) groups is 1. The van der Waals surface area contributed by atoms with Crippen LogP contribution in [0.4, 0.5) is 5.69 Å². The van der Waals surface area contributed by atoms with Gasteiger partial charge in [0, 0.05) is 41.5 Å². The molecule has 2 fully saturated rings. The molecule has 1 aromatic heterocycles. The minimum absolute atomic E-state index is 0.342. The van der Waals surface area contributed by atoms with E-state index in [2.05, 4.69) is 46.2 Å². The van der Waals surface area contributed by atoms with Crippen molar-refractivity contribution in [2.24, 2.45) is 9.98 Å². The molecule has 41 heavy (non-hydrogen) atoms. The van der Waals surface area contributed by atoms with Gasteiger partial charge in [-0.2, -0.15) is 0 Å². The Bertz CT molecular complexity index is 1200. The number of benzene rings is 1. The summed E-state index contributed by atoms with van der Waals surface area (Å²) in [7, 11) is -2.11. The third-order valence-electron chi connectivity index (χ3n) is 6.03. The fraction of sp³-hybridized carbons (Fsp3) is 0.500. The molecule has 0 aliphatic carbocycles. The minimum Gasteiger partial charge on any atom is -0.471 e. The van der Waals surface area contributed by atoms with Gasteiger partial charge in [0.2, 0.25) is 5.90 Å². The number of nitrogens with zero attached hydrogens (tertiary/aromatic N) is 5. The largest absolute Gasteiger partial charge is 0.471 e. The molecule has 0 radical (unpaired) electrons. The van der Waals surface area contributed by atoms with E-state index in [0.717, 1.165) is 26.2 Å². The number of fused-ring (bicyclic) bond motifs is 1. The summed E-state index contributed by atoms with van der Waals surface area (Å²) in [5.74, 6) is 0.342. The molecule has 4 heterocycles. The van der Waals surface area contributed by atoms with Gasteiger partial charge in [-0.15, -0.1) is 0 Å². The van der Waals surface area contributed by atoms with Crippen LogP contribution in [0.5, 0.6) is 0 Å². The minimum atomic E-state index is -3.42. The Balaban J connectivity index is 0.000000598. The molecule has 3 aliphatic heterocycles. The van der Waals surface area contributed by atoms with Crippen LogP contribution in [-0.4, -0.2) is 98.2 Å². The maximum absolute atomic E-state index is 14.5. The molecule has 13 heteroatoms. The fourth-order valence-corrected chi connectivity index (χ4v) is 7.01. The molecule has 3 aliphatic rings. The number of methoxy groups -OCH3 is 1. The molecule has 0 N–H and O–H groups in total. The van der Waals surface area contributed by atoms with Gasteiger partial charge in [0.15, 0.2) is 0 Å². The van der Waals surface area contributed by atoms with Gasteiger partial charge in [-0.25, -0.2) is 18.9 Å². The van der Waals surface area contributed by atoms with Crippen molar-refractivity contribution in [1.82, 2.24) is 14.3 Å². The fourth-order valence-electron chi connectivity index (χ4n) is 4.16. The van der Waals surface area contributed by atoms with E-state index >= 15 is 0 Å². The first-order chi connectivity index (χ1) is 19.9. The molecule has 1 atom stereocenters. The van der Waals surface area contributed by atoms with E-state index in [9.17, 15) is 4.57 Å². The highest BCUT2D eigenvalue weighted by atomic mass is 127. The van der Waals surface area contributed by atoms with Crippen LogP contribution in [0.15, 0.2) is 52.6 Å². The highest BCUT2D eigenvalue weighted by molar-refractivity contribution is 14.1. The zero-order valence-electron chi connectivity index (χ0n) is 24.1. The number of hydrogen-bond donors (Lipinski definition) is 0. The number of pyridine rings is 1. The topological polar surface area (TPSA) is 115 Å². The smallest absolute Gasteiger partial charge is 0.397 e. The summed E-state index contributed by atoms with van der Waals surface area (Å²) in [4.78, 5) is 23.3. The lowest BCUT2D eigenvalue weighted by Crippen LogP contribution is -2.44. The highest BCUT2D eigenvalue weighted by Gasteiger charge is 2.43. The number of morpholine rings is 2. The van der Waals surface area contributed by atoms with Crippen molar-refractivity contribution in [3.8, 4) is 0 Å². The van der Waals surface area contributed by atoms with Crippen molar-refractivity contribution in [1.29, 1.82) is 0 Å². The third kappa shape index (κ3) is 9.13. The molecule has 1 aromatic carbocycles. The van der Waals surface area contributed by atoms with Gasteiger partial charge in [0.1, 0.15) is 6.04 Å². The summed E-state index contributed by atoms with van der Waals surface area (Å²) in [5.41, 5.74) is 3.11. The number of aromatic nitrogens is 1. The Labute approximate surface area is 256 Å². The van der Waals surface area contributed by atoms with E-state index in [-0.39, 0.29) is 0 Å². The molecular weight excluding hydrogens is 660 g/mol. The van der Waals surface area contributed by atoms with Crippen LogP contribution in [-0.2, 0) is 28.1 Å². The molecule has 0 spiro atoms. The van der Waals surface area contributed by atoms with Crippen LogP contribution >= 0.6 is 30.3 Å². The number of halogens is 1. The Morgan fingerprint density at radius 2 is 1.63 bits per heavy atom. The SMILES string of the molecule is CCC.COC=O.C[C@@H]1N=C(c2ccccn2)c2cc(I)ccc2N=C1OP(=O)(N1CCOCC1)N1CCOCC1. The molecule has 0 unspecified atom stereocenters. The van der Waals surface area contributed by atoms with Gasteiger partial charge < -0.3 is 18.7 Å². The predicted octanol–water partition coefficient (Wildman–Crippen LogP) is 4.95. The standard InChI is InChI=1S/C23H27IN5O4P.C3H8.C2H4O2/c1-17-23(33-34(30,28-8-12-31-13-9-28)29-10-14-32-15-11-29)27-20-6-5-18(24)16-19(20)22(26-17)21-4-2-3-7-25-21;1-3-2;1-4-2-3/h2-7,16-17H,8-15H2,1H3;3H2,1-2H3;2H,1H3/t17-;;/m0../s1. The van der Waals surface area contributed by atoms with Crippen molar-refractivity contribution in [2.45, 2.75) is 33.2 Å². The lowest BCUT2D eigenvalue weighted by atomic mass is 10.0. The molecule has 0 bridgehead atoms. The summed E-state index contributed by atoms with van der Waals surface area (Å²) in [6.07, 6.45) is 3.00. The Kier molecular flexibility index (Phi) is 13.8. The number of carbonyl (C=O) groups excluding carboxylic acids is 1. The van der Waals surface area contributed by atoms with Crippen LogP contribution in [0.25, 0.3) is 0 Å². The van der Waals surface area contributed by atoms with Gasteiger partial charge in [-0.05, 0) is 59.8 Å². The summed E-state index contributed by atoms with van der Waals surface area (Å²) >= 11 is 2.28. The molecule has 2 aromatic rings. The van der Waals surface area contributed by atoms with Crippen LogP contribution in [0.1, 0.15) is 38.4 Å². The lowest BCUT2D eigenvalue weighted by molar-refractivity contribution is -0.126. The maximum atomic E-state index is 14.5. The van der Waals surface area contributed by atoms with E-state index in [1.54, 1.807) is 6.20 Å². The second-order valence-electron chi connectivity index (χ2n) is 9.23. The van der Waals surface area contributed by atoms with E-state index < -0.39 is 13.7 Å². The number of hydrogen-bond acceptors (Lipinski definition) is 9. The van der Waals surface area contributed by atoms with E-state index in [1.807, 2.05) is 52.7 Å². The van der Waals surface area contributed by atoms with Crippen molar-refractivity contribution in [3.63, 3.8) is 0 Å². The van der Waals surface area contributed by atoms with Crippen LogP contribution in [0.2, 0.25) is 0 Å². The van der Waals surface area contributed by atoms with Crippen LogP contribution in [0, 0.1) is 3.57 Å². The number of ether oxygens (including phenoxy) is 3. The monoisotopic (exact) mass is 699 g/mol. The second kappa shape index (κ2) is 17.0. The van der Waals surface area contributed by atoms with Gasteiger partial charge in [0.05, 0.1) is 50.6 Å². The quantitative estimate of drug-likeness (QED) is 0.243. The molecule has 2 saturated heterocycles. The average molecular weight is 700 g/mol. The zero-order valence-corrected chi connectivity index (χ0v) is 27.1. The second-order valence-corrected chi connectivity index (χ2v) is 12.8. The van der Waals surface area contributed by atoms with E-state index in [1.165, 1.54) is 13.5 Å². The van der Waals surface area contributed by atoms with Crippen molar-refractivity contribution >= 4 is 54.0 Å². The van der Waals surface area contributed by atoms with Gasteiger partial charge in [0.25, 0.3) is 6.47 Å². The molecule has 5 rings (SSSR count). The normalized spacial score (nSPS) is 19.5. The van der Waals surface area contributed by atoms with E-state index in [0.29, 0.717) is 65.0 Å². The predicted molar refractivity (Wildman–Crippen MR) is 168 cm³/mol. The Morgan fingerprint density at radius 3 is 2.15 bits per heavy atom. The van der Waals surface area contributed by atoms with Gasteiger partial charge in [-0.1, -0.05) is 26.3 Å². The molecular formula is C28H39IN5O6P. The molecule has 0 amide bonds. The summed E-state index contributed by atoms with van der Waals surface area (Å²) < 4.78 is 40.7. The Hall–Kier alpha value is -2.22. The maximum Gasteiger partial charge on any atom is 0.397 e. The first-order valence-electron chi connectivity index (χ1n) is 13.7. The average Bonchev–Trinajstić information content (AvgIpc) is 3.14. The van der Waals surface area contributed by atoms with Crippen LogP contribution < -0.4 is 0 Å². The van der Waals surface area contributed by atoms with Crippen molar-refractivity contribution in [3.05, 3.63) is 57.4 Å². The summed E-state index contributed by atoms with van der Waals surface area (Å²) in [6.45, 7) is 10.8. The zero-order chi connectivity index (χ0) is 29.7. The van der Waals surface area contributed by atoms with Gasteiger partial charge in [-0.3, -0.25) is 14.8 Å². The molecule has 224 valence electrons. The number of aliphatic imine (C=N–C) groups is 2. The number of rotatable bonds is 5.